The molecule has 0 N–H and O–H groups in total. The number of rotatable bonds is 15. The smallest absolute Gasteiger partial charge is 0.308 e. The second kappa shape index (κ2) is 16.0. The molecular weight excluding hydrogens is 679 g/mol. The van der Waals surface area contributed by atoms with Gasteiger partial charge in [0.05, 0.1) is 13.1 Å². The average molecular weight is 732 g/mol. The van der Waals surface area contributed by atoms with Gasteiger partial charge in [0.25, 0.3) is 5.91 Å². The van der Waals surface area contributed by atoms with E-state index in [9.17, 15) is 21.6 Å². The van der Waals surface area contributed by atoms with Crippen molar-refractivity contribution in [2.45, 2.75) is 90.5 Å². The van der Waals surface area contributed by atoms with E-state index in [4.69, 9.17) is 0 Å². The molecule has 0 spiro atoms. The number of nitrogens with zero attached hydrogens (tertiary/aromatic N) is 9. The SMILES string of the molecule is CCCN(CCC)C1CCC(N2CCc3cc(C(=O)N(Cc4nccn4S(=O)(=O)N(C)C)Cc4nccn4S(=O)(=O)N(C)C)ccc3C2)CC1. The first kappa shape index (κ1) is 38.1. The third-order valence-corrected chi connectivity index (χ3v) is 13.5. The Morgan fingerprint density at radius 1 is 0.800 bits per heavy atom. The maximum absolute atomic E-state index is 14.3. The van der Waals surface area contributed by atoms with Crippen LogP contribution in [0.25, 0.3) is 0 Å². The topological polar surface area (TPSA) is 137 Å². The summed E-state index contributed by atoms with van der Waals surface area (Å²) in [7, 11) is -2.19. The third kappa shape index (κ3) is 8.15. The highest BCUT2D eigenvalue weighted by Crippen LogP contribution is 2.31. The Balaban J connectivity index is 1.36. The number of hydrogen-bond acceptors (Lipinski definition) is 9. The number of amides is 1. The van der Waals surface area contributed by atoms with E-state index in [2.05, 4.69) is 33.6 Å². The van der Waals surface area contributed by atoms with E-state index in [1.165, 1.54) is 115 Å². The zero-order valence-electron chi connectivity index (χ0n) is 30.3. The summed E-state index contributed by atoms with van der Waals surface area (Å²) in [6.07, 6.45) is 13.5. The normalized spacial score (nSPS) is 19.0. The minimum atomic E-state index is -3.93. The molecule has 1 saturated carbocycles. The van der Waals surface area contributed by atoms with Crippen molar-refractivity contribution in [2.24, 2.45) is 0 Å². The van der Waals surface area contributed by atoms with Crippen molar-refractivity contribution in [1.82, 2.24) is 41.2 Å². The fraction of sp³-hybridized carbons (Fsp3) is 0.618. The molecule has 16 heteroatoms. The van der Waals surface area contributed by atoms with Gasteiger partial charge in [-0.3, -0.25) is 9.69 Å². The molecule has 1 amide bonds. The lowest BCUT2D eigenvalue weighted by Gasteiger charge is -2.42. The molecule has 276 valence electrons. The van der Waals surface area contributed by atoms with Crippen molar-refractivity contribution >= 4 is 26.3 Å². The van der Waals surface area contributed by atoms with Crippen LogP contribution >= 0.6 is 0 Å². The molecule has 3 heterocycles. The van der Waals surface area contributed by atoms with Crippen LogP contribution in [-0.4, -0.2) is 124 Å². The summed E-state index contributed by atoms with van der Waals surface area (Å²) in [5, 5.41) is 0. The third-order valence-electron chi connectivity index (χ3n) is 9.95. The molecular formula is C34H53N9O5S2. The zero-order chi connectivity index (χ0) is 36.2. The number of benzene rings is 1. The van der Waals surface area contributed by atoms with Gasteiger partial charge in [0.2, 0.25) is 0 Å². The number of carbonyl (C=O) groups excluding carboxylic acids is 1. The largest absolute Gasteiger partial charge is 0.324 e. The minimum absolute atomic E-state index is 0.108. The van der Waals surface area contributed by atoms with Crippen molar-refractivity contribution in [3.05, 3.63) is 71.3 Å². The van der Waals surface area contributed by atoms with E-state index in [-0.39, 0.29) is 30.6 Å². The van der Waals surface area contributed by atoms with Gasteiger partial charge in [0, 0.05) is 83.7 Å². The summed E-state index contributed by atoms with van der Waals surface area (Å²) in [4.78, 5) is 29.5. The van der Waals surface area contributed by atoms with Gasteiger partial charge in [-0.15, -0.1) is 0 Å². The molecule has 0 atom stereocenters. The highest BCUT2D eigenvalue weighted by molar-refractivity contribution is 7.87. The maximum Gasteiger partial charge on any atom is 0.308 e. The highest BCUT2D eigenvalue weighted by atomic mass is 32.2. The lowest BCUT2D eigenvalue weighted by Crippen LogP contribution is -2.46. The lowest BCUT2D eigenvalue weighted by atomic mass is 9.87. The van der Waals surface area contributed by atoms with E-state index in [1.54, 1.807) is 0 Å². The first-order valence-corrected chi connectivity index (χ1v) is 20.4. The van der Waals surface area contributed by atoms with E-state index in [1.807, 2.05) is 18.2 Å². The summed E-state index contributed by atoms with van der Waals surface area (Å²) in [5.74, 6) is -0.168. The van der Waals surface area contributed by atoms with Crippen LogP contribution in [0.4, 0.5) is 0 Å². The van der Waals surface area contributed by atoms with Crippen LogP contribution in [-0.2, 0) is 46.5 Å². The lowest BCUT2D eigenvalue weighted by molar-refractivity contribution is 0.0719. The highest BCUT2D eigenvalue weighted by Gasteiger charge is 2.32. The average Bonchev–Trinajstić information content (AvgIpc) is 3.77. The van der Waals surface area contributed by atoms with Gasteiger partial charge in [-0.25, -0.2) is 17.9 Å². The zero-order valence-corrected chi connectivity index (χ0v) is 31.9. The number of hydrogen-bond donors (Lipinski definition) is 0. The number of carbonyl (C=O) groups is 1. The predicted molar refractivity (Wildman–Crippen MR) is 193 cm³/mol. The van der Waals surface area contributed by atoms with Crippen LogP contribution in [0.1, 0.15) is 85.5 Å². The molecule has 2 aromatic heterocycles. The van der Waals surface area contributed by atoms with Crippen molar-refractivity contribution in [3.8, 4) is 0 Å². The molecule has 0 bridgehead atoms. The first-order valence-electron chi connectivity index (χ1n) is 17.6. The fourth-order valence-corrected chi connectivity index (χ4v) is 9.08. The molecule has 1 fully saturated rings. The molecule has 5 rings (SSSR count). The van der Waals surface area contributed by atoms with Gasteiger partial charge in [0.15, 0.2) is 0 Å². The molecule has 1 aliphatic heterocycles. The second-order valence-corrected chi connectivity index (χ2v) is 17.8. The van der Waals surface area contributed by atoms with Crippen LogP contribution in [0.15, 0.2) is 43.0 Å². The van der Waals surface area contributed by atoms with Gasteiger partial charge < -0.3 is 9.80 Å². The Hall–Kier alpha value is -3.15. The summed E-state index contributed by atoms with van der Waals surface area (Å²) >= 11 is 0. The Kier molecular flexibility index (Phi) is 12.2. The van der Waals surface area contributed by atoms with E-state index in [0.29, 0.717) is 17.6 Å². The van der Waals surface area contributed by atoms with Gasteiger partial charge in [-0.05, 0) is 81.3 Å². The quantitative estimate of drug-likeness (QED) is 0.231. The molecule has 0 unspecified atom stereocenters. The van der Waals surface area contributed by atoms with Gasteiger partial charge in [-0.2, -0.15) is 25.4 Å². The van der Waals surface area contributed by atoms with Crippen LogP contribution in [0.5, 0.6) is 0 Å². The predicted octanol–water partition coefficient (Wildman–Crippen LogP) is 3.02. The molecule has 3 aromatic rings. The van der Waals surface area contributed by atoms with Gasteiger partial charge in [-0.1, -0.05) is 19.9 Å². The van der Waals surface area contributed by atoms with Crippen LogP contribution in [0.3, 0.4) is 0 Å². The number of imidazole rings is 2. The second-order valence-electron chi connectivity index (χ2n) is 13.7. The van der Waals surface area contributed by atoms with Crippen molar-refractivity contribution in [1.29, 1.82) is 0 Å². The molecule has 50 heavy (non-hydrogen) atoms. The van der Waals surface area contributed by atoms with Crippen molar-refractivity contribution in [2.75, 3.05) is 47.8 Å². The number of aromatic nitrogens is 4. The first-order chi connectivity index (χ1) is 23.8. The van der Waals surface area contributed by atoms with Gasteiger partial charge >= 0.3 is 20.4 Å². The van der Waals surface area contributed by atoms with Crippen molar-refractivity contribution in [3.63, 3.8) is 0 Å². The van der Waals surface area contributed by atoms with Crippen LogP contribution in [0.2, 0.25) is 0 Å². The monoisotopic (exact) mass is 731 g/mol. The summed E-state index contributed by atoms with van der Waals surface area (Å²) in [6, 6.07) is 7.01. The fourth-order valence-electron chi connectivity index (χ4n) is 7.22. The Bertz CT molecular complexity index is 1750. The Labute approximate surface area is 298 Å². The number of fused-ring (bicyclic) bond motifs is 1. The minimum Gasteiger partial charge on any atom is -0.324 e. The standard InChI is InChI=1S/C34H53N9O5S2/c1-7-18-39(19-8-2)30-11-13-31(14-12-30)40-20-15-27-23-28(9-10-29(27)24-40)34(44)41(25-32-35-16-21-42(32)49(45,46)37(3)4)26-33-36-17-22-43(33)50(47,48)38(5)6/h9-10,16-17,21-23,30-31H,7-8,11-15,18-20,24-26H2,1-6H3. The van der Waals surface area contributed by atoms with E-state index >= 15 is 0 Å². The Morgan fingerprint density at radius 3 is 1.84 bits per heavy atom. The summed E-state index contributed by atoms with van der Waals surface area (Å²) in [6.45, 7) is 8.25. The molecule has 0 saturated heterocycles. The summed E-state index contributed by atoms with van der Waals surface area (Å²) in [5.41, 5.74) is 2.76. The molecule has 1 aromatic carbocycles. The maximum atomic E-state index is 14.3. The molecule has 0 radical (unpaired) electrons. The van der Waals surface area contributed by atoms with Crippen molar-refractivity contribution < 1.29 is 21.6 Å². The molecule has 2 aliphatic rings. The summed E-state index contributed by atoms with van der Waals surface area (Å²) < 4.78 is 56.4. The molecule has 1 aliphatic carbocycles. The van der Waals surface area contributed by atoms with E-state index in [0.717, 1.165) is 41.6 Å². The Morgan fingerprint density at radius 2 is 1.34 bits per heavy atom. The molecule has 14 nitrogen and oxygen atoms in total. The van der Waals surface area contributed by atoms with E-state index < -0.39 is 20.4 Å². The van der Waals surface area contributed by atoms with Crippen LogP contribution < -0.4 is 0 Å². The van der Waals surface area contributed by atoms with Crippen LogP contribution in [0, 0.1) is 0 Å². The van der Waals surface area contributed by atoms with Gasteiger partial charge in [0.1, 0.15) is 11.6 Å².